The van der Waals surface area contributed by atoms with Crippen LogP contribution in [0, 0.1) is 5.82 Å². The second-order valence-electron chi connectivity index (χ2n) is 3.22. The summed E-state index contributed by atoms with van der Waals surface area (Å²) in [5, 5.41) is 0. The van der Waals surface area contributed by atoms with Gasteiger partial charge in [-0.25, -0.2) is 4.39 Å². The van der Waals surface area contributed by atoms with Crippen molar-refractivity contribution in [1.29, 1.82) is 0 Å². The standard InChI is InChI=1S/C10H10FNO2/c11-8-4-3-7(10(12)13)6-2-1-5-14-9(6)8/h3-4H,1-2,5H2,(H2,12,13). The first-order valence-electron chi connectivity index (χ1n) is 4.44. The van der Waals surface area contributed by atoms with Gasteiger partial charge in [0.1, 0.15) is 0 Å². The van der Waals surface area contributed by atoms with E-state index < -0.39 is 11.7 Å². The number of halogens is 1. The van der Waals surface area contributed by atoms with Crippen molar-refractivity contribution >= 4 is 5.91 Å². The van der Waals surface area contributed by atoms with Crippen molar-refractivity contribution in [2.24, 2.45) is 5.73 Å². The van der Waals surface area contributed by atoms with Crippen molar-refractivity contribution in [2.75, 3.05) is 6.61 Å². The molecule has 3 nitrogen and oxygen atoms in total. The molecule has 4 heteroatoms. The van der Waals surface area contributed by atoms with Gasteiger partial charge in [-0.3, -0.25) is 4.79 Å². The zero-order valence-corrected chi connectivity index (χ0v) is 7.55. The molecule has 14 heavy (non-hydrogen) atoms. The predicted molar refractivity (Wildman–Crippen MR) is 48.7 cm³/mol. The molecular formula is C10H10FNO2. The van der Waals surface area contributed by atoms with E-state index in [0.29, 0.717) is 24.2 Å². The Bertz CT molecular complexity index is 390. The van der Waals surface area contributed by atoms with Crippen LogP contribution in [-0.4, -0.2) is 12.5 Å². The Morgan fingerprint density at radius 1 is 1.50 bits per heavy atom. The zero-order chi connectivity index (χ0) is 10.1. The summed E-state index contributed by atoms with van der Waals surface area (Å²) >= 11 is 0. The largest absolute Gasteiger partial charge is 0.490 e. The summed E-state index contributed by atoms with van der Waals surface area (Å²) in [5.74, 6) is -0.774. The van der Waals surface area contributed by atoms with E-state index in [-0.39, 0.29) is 5.75 Å². The van der Waals surface area contributed by atoms with E-state index in [4.69, 9.17) is 10.5 Å². The minimum absolute atomic E-state index is 0.188. The molecule has 0 bridgehead atoms. The average molecular weight is 195 g/mol. The first kappa shape index (κ1) is 8.99. The van der Waals surface area contributed by atoms with E-state index in [0.717, 1.165) is 6.42 Å². The van der Waals surface area contributed by atoms with Gasteiger partial charge in [-0.05, 0) is 25.0 Å². The number of rotatable bonds is 1. The molecule has 1 aliphatic rings. The lowest BCUT2D eigenvalue weighted by molar-refractivity contribution is 0.0998. The highest BCUT2D eigenvalue weighted by Crippen LogP contribution is 2.30. The fourth-order valence-corrected chi connectivity index (χ4v) is 1.66. The SMILES string of the molecule is NC(=O)c1ccc(F)c2c1CCCO2. The monoisotopic (exact) mass is 195 g/mol. The average Bonchev–Trinajstić information content (AvgIpc) is 2.18. The van der Waals surface area contributed by atoms with Crippen molar-refractivity contribution in [1.82, 2.24) is 0 Å². The molecule has 1 amide bonds. The fraction of sp³-hybridized carbons (Fsp3) is 0.300. The van der Waals surface area contributed by atoms with E-state index in [9.17, 15) is 9.18 Å². The van der Waals surface area contributed by atoms with Crippen LogP contribution in [-0.2, 0) is 6.42 Å². The summed E-state index contributed by atoms with van der Waals surface area (Å²) < 4.78 is 18.4. The molecule has 0 spiro atoms. The van der Waals surface area contributed by atoms with Gasteiger partial charge in [-0.2, -0.15) is 0 Å². The Balaban J connectivity index is 2.59. The van der Waals surface area contributed by atoms with Crippen molar-refractivity contribution in [3.05, 3.63) is 29.1 Å². The molecule has 74 valence electrons. The number of nitrogens with two attached hydrogens (primary N) is 1. The number of benzene rings is 1. The van der Waals surface area contributed by atoms with E-state index in [1.54, 1.807) is 0 Å². The molecule has 1 aromatic rings. The van der Waals surface area contributed by atoms with Crippen LogP contribution in [0.25, 0.3) is 0 Å². The Hall–Kier alpha value is -1.58. The Labute approximate surface area is 80.7 Å². The first-order chi connectivity index (χ1) is 6.70. The number of ether oxygens (including phenoxy) is 1. The number of hydrogen-bond acceptors (Lipinski definition) is 2. The summed E-state index contributed by atoms with van der Waals surface area (Å²) in [6.45, 7) is 0.492. The topological polar surface area (TPSA) is 52.3 Å². The van der Waals surface area contributed by atoms with Gasteiger partial charge >= 0.3 is 0 Å². The molecule has 0 saturated carbocycles. The van der Waals surface area contributed by atoms with Gasteiger partial charge in [0, 0.05) is 11.1 Å². The minimum atomic E-state index is -0.535. The summed E-state index contributed by atoms with van der Waals surface area (Å²) in [7, 11) is 0. The van der Waals surface area contributed by atoms with Crippen LogP contribution in [0.4, 0.5) is 4.39 Å². The summed E-state index contributed by atoms with van der Waals surface area (Å²) in [6.07, 6.45) is 1.43. The molecule has 0 radical (unpaired) electrons. The first-order valence-corrected chi connectivity index (χ1v) is 4.44. The lowest BCUT2D eigenvalue weighted by Crippen LogP contribution is -2.18. The highest BCUT2D eigenvalue weighted by molar-refractivity contribution is 5.95. The molecular weight excluding hydrogens is 185 g/mol. The minimum Gasteiger partial charge on any atom is -0.490 e. The third kappa shape index (κ3) is 1.32. The van der Waals surface area contributed by atoms with Crippen LogP contribution >= 0.6 is 0 Å². The van der Waals surface area contributed by atoms with Crippen LogP contribution < -0.4 is 10.5 Å². The summed E-state index contributed by atoms with van der Waals surface area (Å²) in [4.78, 5) is 11.0. The third-order valence-corrected chi connectivity index (χ3v) is 2.30. The van der Waals surface area contributed by atoms with E-state index in [1.807, 2.05) is 0 Å². The lowest BCUT2D eigenvalue weighted by Gasteiger charge is -2.19. The van der Waals surface area contributed by atoms with E-state index in [1.165, 1.54) is 12.1 Å². The van der Waals surface area contributed by atoms with Crippen LogP contribution in [0.2, 0.25) is 0 Å². The van der Waals surface area contributed by atoms with Crippen molar-refractivity contribution in [3.8, 4) is 5.75 Å². The Kier molecular flexibility index (Phi) is 2.11. The lowest BCUT2D eigenvalue weighted by atomic mass is 9.99. The maximum atomic E-state index is 13.2. The molecule has 0 aliphatic carbocycles. The number of amides is 1. The molecule has 0 aromatic heterocycles. The van der Waals surface area contributed by atoms with Gasteiger partial charge in [0.15, 0.2) is 11.6 Å². The zero-order valence-electron chi connectivity index (χ0n) is 7.55. The van der Waals surface area contributed by atoms with Gasteiger partial charge in [0.2, 0.25) is 5.91 Å². The molecule has 1 heterocycles. The van der Waals surface area contributed by atoms with Crippen LogP contribution in [0.15, 0.2) is 12.1 Å². The third-order valence-electron chi connectivity index (χ3n) is 2.30. The number of primary amides is 1. The maximum Gasteiger partial charge on any atom is 0.249 e. The van der Waals surface area contributed by atoms with E-state index in [2.05, 4.69) is 0 Å². The normalized spacial score (nSPS) is 14.4. The molecule has 0 saturated heterocycles. The van der Waals surface area contributed by atoms with Gasteiger partial charge in [-0.1, -0.05) is 0 Å². The number of fused-ring (bicyclic) bond motifs is 1. The molecule has 2 N–H and O–H groups in total. The Morgan fingerprint density at radius 3 is 3.00 bits per heavy atom. The van der Waals surface area contributed by atoms with Crippen molar-refractivity contribution < 1.29 is 13.9 Å². The number of carbonyl (C=O) groups excluding carboxylic acids is 1. The van der Waals surface area contributed by atoms with E-state index >= 15 is 0 Å². The maximum absolute atomic E-state index is 13.2. The number of carbonyl (C=O) groups is 1. The second kappa shape index (κ2) is 3.29. The number of hydrogen-bond donors (Lipinski definition) is 1. The summed E-state index contributed by atoms with van der Waals surface area (Å²) in [5.41, 5.74) is 6.13. The van der Waals surface area contributed by atoms with Gasteiger partial charge in [-0.15, -0.1) is 0 Å². The summed E-state index contributed by atoms with van der Waals surface area (Å²) in [6, 6.07) is 2.62. The van der Waals surface area contributed by atoms with Gasteiger partial charge < -0.3 is 10.5 Å². The van der Waals surface area contributed by atoms with Crippen LogP contribution in [0.5, 0.6) is 5.75 Å². The van der Waals surface area contributed by atoms with Crippen LogP contribution in [0.3, 0.4) is 0 Å². The van der Waals surface area contributed by atoms with Gasteiger partial charge in [0.25, 0.3) is 0 Å². The second-order valence-corrected chi connectivity index (χ2v) is 3.22. The highest BCUT2D eigenvalue weighted by Gasteiger charge is 2.20. The Morgan fingerprint density at radius 2 is 2.29 bits per heavy atom. The molecule has 1 aromatic carbocycles. The quantitative estimate of drug-likeness (QED) is 0.733. The van der Waals surface area contributed by atoms with Crippen molar-refractivity contribution in [2.45, 2.75) is 12.8 Å². The molecule has 1 aliphatic heterocycles. The van der Waals surface area contributed by atoms with Crippen LogP contribution in [0.1, 0.15) is 22.3 Å². The molecule has 0 unspecified atom stereocenters. The molecule has 0 atom stereocenters. The highest BCUT2D eigenvalue weighted by atomic mass is 19.1. The molecule has 0 fully saturated rings. The van der Waals surface area contributed by atoms with Crippen molar-refractivity contribution in [3.63, 3.8) is 0 Å². The van der Waals surface area contributed by atoms with Gasteiger partial charge in [0.05, 0.1) is 6.61 Å². The smallest absolute Gasteiger partial charge is 0.249 e. The molecule has 2 rings (SSSR count). The predicted octanol–water partition coefficient (Wildman–Crippen LogP) is 1.25. The fourth-order valence-electron chi connectivity index (χ4n) is 1.66.